The standard InChI is InChI=1S/C23H22ClN3S2/c1-16-21(15-29-23-26-19-6-2-3-7-20(19)27-23)25-13-12-22(16)28-14-4-5-17-8-10-18(24)11-9-17/h2-3,6-13H,4-5,14-15H2,1H3,(H,26,27). The summed E-state index contributed by atoms with van der Waals surface area (Å²) in [6, 6.07) is 18.4. The molecule has 1 N–H and O–H groups in total. The highest BCUT2D eigenvalue weighted by molar-refractivity contribution is 7.99. The summed E-state index contributed by atoms with van der Waals surface area (Å²) < 4.78 is 0. The molecule has 0 radical (unpaired) electrons. The molecule has 0 aliphatic heterocycles. The van der Waals surface area contributed by atoms with Gasteiger partial charge in [-0.25, -0.2) is 4.98 Å². The first-order valence-electron chi connectivity index (χ1n) is 9.58. The average Bonchev–Trinajstić information content (AvgIpc) is 3.15. The summed E-state index contributed by atoms with van der Waals surface area (Å²) in [6.07, 6.45) is 4.13. The van der Waals surface area contributed by atoms with Crippen LogP contribution in [0.3, 0.4) is 0 Å². The van der Waals surface area contributed by atoms with Crippen LogP contribution in [0, 0.1) is 6.92 Å². The lowest BCUT2D eigenvalue weighted by atomic mass is 10.1. The molecule has 0 aliphatic rings. The molecule has 6 heteroatoms. The Morgan fingerprint density at radius 3 is 2.66 bits per heavy atom. The number of imidazole rings is 1. The SMILES string of the molecule is Cc1c(SCCCc2ccc(Cl)cc2)ccnc1CSc1nc2ccccc2[nH]1. The Morgan fingerprint density at radius 2 is 1.83 bits per heavy atom. The quantitative estimate of drug-likeness (QED) is 0.238. The van der Waals surface area contributed by atoms with Crippen LogP contribution >= 0.6 is 35.1 Å². The normalized spacial score (nSPS) is 11.2. The zero-order valence-corrected chi connectivity index (χ0v) is 18.6. The van der Waals surface area contributed by atoms with Gasteiger partial charge in [-0.1, -0.05) is 47.6 Å². The third-order valence-corrected chi connectivity index (χ3v) is 7.14. The van der Waals surface area contributed by atoms with E-state index in [1.165, 1.54) is 16.0 Å². The van der Waals surface area contributed by atoms with Crippen molar-refractivity contribution in [3.05, 3.63) is 82.6 Å². The van der Waals surface area contributed by atoms with Crippen LogP contribution in [0.1, 0.15) is 23.2 Å². The summed E-state index contributed by atoms with van der Waals surface area (Å²) in [5, 5.41) is 1.73. The molecule has 2 heterocycles. The van der Waals surface area contributed by atoms with Crippen LogP contribution in [0.25, 0.3) is 11.0 Å². The van der Waals surface area contributed by atoms with Gasteiger partial charge in [0.05, 0.1) is 16.7 Å². The maximum Gasteiger partial charge on any atom is 0.166 e. The highest BCUT2D eigenvalue weighted by Gasteiger charge is 2.09. The Hall–Kier alpha value is -1.95. The van der Waals surface area contributed by atoms with Gasteiger partial charge in [-0.3, -0.25) is 4.98 Å². The zero-order valence-electron chi connectivity index (χ0n) is 16.2. The van der Waals surface area contributed by atoms with Gasteiger partial charge in [0, 0.05) is 21.9 Å². The number of rotatable bonds is 8. The van der Waals surface area contributed by atoms with Gasteiger partial charge < -0.3 is 4.98 Å². The predicted octanol–water partition coefficient (Wildman–Crippen LogP) is 6.94. The minimum absolute atomic E-state index is 0.795. The predicted molar refractivity (Wildman–Crippen MR) is 125 cm³/mol. The van der Waals surface area contributed by atoms with E-state index in [1.807, 2.05) is 48.3 Å². The van der Waals surface area contributed by atoms with Crippen LogP contribution in [-0.4, -0.2) is 20.7 Å². The van der Waals surface area contributed by atoms with Gasteiger partial charge in [0.1, 0.15) is 0 Å². The van der Waals surface area contributed by atoms with E-state index >= 15 is 0 Å². The maximum absolute atomic E-state index is 5.95. The number of aromatic amines is 1. The number of aryl methyl sites for hydroxylation is 1. The average molecular weight is 440 g/mol. The number of nitrogens with one attached hydrogen (secondary N) is 1. The second kappa shape index (κ2) is 9.70. The van der Waals surface area contributed by atoms with Crippen molar-refractivity contribution in [2.75, 3.05) is 5.75 Å². The number of H-pyrrole nitrogens is 1. The van der Waals surface area contributed by atoms with Crippen LogP contribution < -0.4 is 0 Å². The smallest absolute Gasteiger partial charge is 0.166 e. The Labute approximate surface area is 184 Å². The van der Waals surface area contributed by atoms with Gasteiger partial charge in [0.2, 0.25) is 0 Å². The van der Waals surface area contributed by atoms with Crippen LogP contribution in [0.15, 0.2) is 70.8 Å². The highest BCUT2D eigenvalue weighted by Crippen LogP contribution is 2.29. The van der Waals surface area contributed by atoms with Crippen molar-refractivity contribution in [3.8, 4) is 0 Å². The Balaban J connectivity index is 1.32. The molecule has 29 heavy (non-hydrogen) atoms. The fourth-order valence-electron chi connectivity index (χ4n) is 3.10. The molecular formula is C23H22ClN3S2. The second-order valence-corrected chi connectivity index (χ2v) is 9.34. The van der Waals surface area contributed by atoms with E-state index in [0.29, 0.717) is 0 Å². The van der Waals surface area contributed by atoms with E-state index in [2.05, 4.69) is 46.1 Å². The molecule has 0 saturated carbocycles. The molecule has 0 spiro atoms. The molecule has 0 saturated heterocycles. The maximum atomic E-state index is 5.95. The van der Waals surface area contributed by atoms with E-state index in [4.69, 9.17) is 11.6 Å². The third kappa shape index (κ3) is 5.35. The van der Waals surface area contributed by atoms with E-state index in [0.717, 1.165) is 51.3 Å². The molecule has 0 atom stereocenters. The van der Waals surface area contributed by atoms with Crippen LogP contribution in [0.5, 0.6) is 0 Å². The van der Waals surface area contributed by atoms with E-state index in [1.54, 1.807) is 11.8 Å². The minimum Gasteiger partial charge on any atom is -0.333 e. The molecule has 3 nitrogen and oxygen atoms in total. The molecule has 0 aliphatic carbocycles. The minimum atomic E-state index is 0.795. The fourth-order valence-corrected chi connectivity index (χ4v) is 5.14. The number of halogens is 1. The lowest BCUT2D eigenvalue weighted by molar-refractivity contribution is 0.932. The van der Waals surface area contributed by atoms with Gasteiger partial charge in [0.15, 0.2) is 5.16 Å². The molecule has 4 rings (SSSR count). The Morgan fingerprint density at radius 1 is 1.00 bits per heavy atom. The summed E-state index contributed by atoms with van der Waals surface area (Å²) in [6.45, 7) is 2.17. The van der Waals surface area contributed by atoms with Crippen molar-refractivity contribution in [1.29, 1.82) is 0 Å². The van der Waals surface area contributed by atoms with E-state index in [9.17, 15) is 0 Å². The molecular weight excluding hydrogens is 418 g/mol. The van der Waals surface area contributed by atoms with E-state index < -0.39 is 0 Å². The number of hydrogen-bond donors (Lipinski definition) is 1. The molecule has 148 valence electrons. The van der Waals surface area contributed by atoms with Gasteiger partial charge in [-0.15, -0.1) is 11.8 Å². The van der Waals surface area contributed by atoms with Crippen molar-refractivity contribution in [2.45, 2.75) is 35.6 Å². The largest absolute Gasteiger partial charge is 0.333 e. The number of hydrogen-bond acceptors (Lipinski definition) is 4. The summed E-state index contributed by atoms with van der Waals surface area (Å²) in [7, 11) is 0. The van der Waals surface area contributed by atoms with Crippen molar-refractivity contribution < 1.29 is 0 Å². The lowest BCUT2D eigenvalue weighted by Gasteiger charge is -2.09. The summed E-state index contributed by atoms with van der Waals surface area (Å²) in [4.78, 5) is 13.9. The first kappa shape index (κ1) is 20.3. The number of nitrogens with zero attached hydrogens (tertiary/aromatic N) is 2. The molecule has 2 aromatic carbocycles. The topological polar surface area (TPSA) is 41.6 Å². The number of para-hydroxylation sites is 2. The van der Waals surface area contributed by atoms with Crippen LogP contribution in [0.2, 0.25) is 5.02 Å². The summed E-state index contributed by atoms with van der Waals surface area (Å²) >= 11 is 9.56. The molecule has 0 fully saturated rings. The zero-order chi connectivity index (χ0) is 20.1. The number of fused-ring (bicyclic) bond motifs is 1. The molecule has 0 unspecified atom stereocenters. The second-order valence-electron chi connectivity index (χ2n) is 6.81. The highest BCUT2D eigenvalue weighted by atomic mass is 35.5. The molecule has 0 amide bonds. The fraction of sp³-hybridized carbons (Fsp3) is 0.217. The number of thioether (sulfide) groups is 2. The Bertz CT molecular complexity index is 1060. The van der Waals surface area contributed by atoms with Crippen molar-refractivity contribution in [2.24, 2.45) is 0 Å². The molecule has 0 bridgehead atoms. The number of pyridine rings is 1. The Kier molecular flexibility index (Phi) is 6.80. The van der Waals surface area contributed by atoms with Gasteiger partial charge in [-0.2, -0.15) is 0 Å². The lowest BCUT2D eigenvalue weighted by Crippen LogP contribution is -1.95. The molecule has 4 aromatic rings. The summed E-state index contributed by atoms with van der Waals surface area (Å²) in [5.41, 5.74) is 5.81. The van der Waals surface area contributed by atoms with Crippen molar-refractivity contribution in [3.63, 3.8) is 0 Å². The first-order chi connectivity index (χ1) is 14.2. The number of benzene rings is 2. The monoisotopic (exact) mass is 439 g/mol. The van der Waals surface area contributed by atoms with E-state index in [-0.39, 0.29) is 0 Å². The number of aromatic nitrogens is 3. The van der Waals surface area contributed by atoms with Crippen molar-refractivity contribution in [1.82, 2.24) is 15.0 Å². The first-order valence-corrected chi connectivity index (χ1v) is 11.9. The van der Waals surface area contributed by atoms with Gasteiger partial charge in [-0.05, 0) is 67.0 Å². The molecule has 2 aromatic heterocycles. The third-order valence-electron chi connectivity index (χ3n) is 4.75. The van der Waals surface area contributed by atoms with Gasteiger partial charge in [0.25, 0.3) is 0 Å². The van der Waals surface area contributed by atoms with Crippen molar-refractivity contribution >= 4 is 46.2 Å². The summed E-state index contributed by atoms with van der Waals surface area (Å²) in [5.74, 6) is 1.90. The van der Waals surface area contributed by atoms with Gasteiger partial charge >= 0.3 is 0 Å². The van der Waals surface area contributed by atoms with Crippen LogP contribution in [-0.2, 0) is 12.2 Å². The van der Waals surface area contributed by atoms with Crippen LogP contribution in [0.4, 0.5) is 0 Å².